The summed E-state index contributed by atoms with van der Waals surface area (Å²) in [5.74, 6) is -1.65. The van der Waals surface area contributed by atoms with Crippen molar-refractivity contribution in [2.24, 2.45) is 5.92 Å². The maximum absolute atomic E-state index is 11.7. The predicted molar refractivity (Wildman–Crippen MR) is 88.7 cm³/mol. The average molecular weight is 355 g/mol. The van der Waals surface area contributed by atoms with Gasteiger partial charge in [0.15, 0.2) is 6.61 Å². The van der Waals surface area contributed by atoms with Gasteiger partial charge in [-0.3, -0.25) is 19.7 Å². The molecule has 0 bridgehead atoms. The van der Waals surface area contributed by atoms with Gasteiger partial charge in [-0.2, -0.15) is 0 Å². The Morgan fingerprint density at radius 3 is 2.46 bits per heavy atom. The molecule has 24 heavy (non-hydrogen) atoms. The molecular weight excluding hydrogens is 334 g/mol. The van der Waals surface area contributed by atoms with Crippen molar-refractivity contribution in [2.45, 2.75) is 20.8 Å². The van der Waals surface area contributed by atoms with Crippen molar-refractivity contribution in [1.29, 1.82) is 0 Å². The van der Waals surface area contributed by atoms with Crippen LogP contribution in [-0.2, 0) is 14.3 Å². The molecule has 0 aliphatic heterocycles. The number of hydrogen-bond acceptors (Lipinski definition) is 6. The maximum atomic E-state index is 11.7. The zero-order valence-electron chi connectivity index (χ0n) is 13.8. The van der Waals surface area contributed by atoms with Gasteiger partial charge in [0.2, 0.25) is 0 Å². The second-order valence-corrected chi connectivity index (χ2v) is 6.69. The molecule has 1 aromatic heterocycles. The number of amides is 4. The third-order valence-electron chi connectivity index (χ3n) is 2.65. The van der Waals surface area contributed by atoms with Gasteiger partial charge in [0.05, 0.1) is 4.88 Å². The number of nitrogens with one attached hydrogen (secondary N) is 3. The Balaban J connectivity index is 2.22. The van der Waals surface area contributed by atoms with Crippen LogP contribution in [0.25, 0.3) is 0 Å². The molecule has 0 saturated heterocycles. The number of urea groups is 1. The number of carbonyl (C=O) groups is 4. The van der Waals surface area contributed by atoms with Crippen LogP contribution in [0.4, 0.5) is 4.79 Å². The molecule has 0 aliphatic rings. The normalized spacial score (nSPS) is 10.2. The first-order valence-electron chi connectivity index (χ1n) is 7.36. The topological polar surface area (TPSA) is 114 Å². The van der Waals surface area contributed by atoms with E-state index >= 15 is 0 Å². The third kappa shape index (κ3) is 7.73. The highest BCUT2D eigenvalue weighted by Crippen LogP contribution is 2.14. The zero-order chi connectivity index (χ0) is 18.1. The number of imide groups is 1. The fraction of sp³-hybridized carbons (Fsp3) is 0.467. The summed E-state index contributed by atoms with van der Waals surface area (Å²) < 4.78 is 4.68. The number of hydrogen-bond donors (Lipinski definition) is 3. The van der Waals surface area contributed by atoms with Crippen LogP contribution in [0.15, 0.2) is 12.1 Å². The first-order valence-corrected chi connectivity index (χ1v) is 8.17. The largest absolute Gasteiger partial charge is 0.454 e. The molecule has 3 N–H and O–H groups in total. The lowest BCUT2D eigenvalue weighted by atomic mass is 10.2. The first-order chi connectivity index (χ1) is 11.3. The van der Waals surface area contributed by atoms with E-state index in [2.05, 4.69) is 15.4 Å². The zero-order valence-corrected chi connectivity index (χ0v) is 14.6. The molecule has 0 spiro atoms. The van der Waals surface area contributed by atoms with Gasteiger partial charge < -0.3 is 15.4 Å². The number of ether oxygens (including phenoxy) is 1. The van der Waals surface area contributed by atoms with E-state index in [1.165, 1.54) is 11.3 Å². The minimum absolute atomic E-state index is 0.249. The highest BCUT2D eigenvalue weighted by atomic mass is 32.1. The van der Waals surface area contributed by atoms with Crippen LogP contribution in [0, 0.1) is 12.8 Å². The summed E-state index contributed by atoms with van der Waals surface area (Å²) in [6.45, 7) is 5.16. The summed E-state index contributed by atoms with van der Waals surface area (Å²) in [4.78, 5) is 47.4. The van der Waals surface area contributed by atoms with Crippen molar-refractivity contribution >= 4 is 35.2 Å². The van der Waals surface area contributed by atoms with Gasteiger partial charge >= 0.3 is 12.0 Å². The fourth-order valence-corrected chi connectivity index (χ4v) is 2.28. The molecule has 0 aromatic carbocycles. The smallest absolute Gasteiger partial charge is 0.325 e. The van der Waals surface area contributed by atoms with Gasteiger partial charge in [0.1, 0.15) is 6.54 Å². The van der Waals surface area contributed by atoms with E-state index in [-0.39, 0.29) is 18.4 Å². The molecule has 0 saturated carbocycles. The van der Waals surface area contributed by atoms with Crippen LogP contribution >= 0.6 is 11.3 Å². The number of carbonyl (C=O) groups excluding carboxylic acids is 4. The van der Waals surface area contributed by atoms with E-state index in [0.29, 0.717) is 11.4 Å². The van der Waals surface area contributed by atoms with Gasteiger partial charge in [-0.25, -0.2) is 4.79 Å². The third-order valence-corrected chi connectivity index (χ3v) is 3.64. The standard InChI is InChI=1S/C15H21N3O5S/c1-9(2)6-17-15(22)18-12(19)8-23-13(20)7-16-14(21)11-5-4-10(3)24-11/h4-5,9H,6-8H2,1-3H3,(H,16,21)(H2,17,18,19,22). The Kier molecular flexibility index (Phi) is 7.90. The van der Waals surface area contributed by atoms with Crippen LogP contribution in [0.2, 0.25) is 0 Å². The maximum Gasteiger partial charge on any atom is 0.325 e. The molecule has 1 aromatic rings. The highest BCUT2D eigenvalue weighted by molar-refractivity contribution is 7.13. The van der Waals surface area contributed by atoms with Crippen molar-refractivity contribution in [3.63, 3.8) is 0 Å². The predicted octanol–water partition coefficient (Wildman–Crippen LogP) is 0.811. The van der Waals surface area contributed by atoms with Gasteiger partial charge in [0, 0.05) is 11.4 Å². The Morgan fingerprint density at radius 1 is 1.17 bits per heavy atom. The second kappa shape index (κ2) is 9.66. The van der Waals surface area contributed by atoms with E-state index in [0.717, 1.165) is 4.88 Å². The Bertz CT molecular complexity index is 612. The molecular formula is C15H21N3O5S. The molecule has 0 aliphatic carbocycles. The first kappa shape index (κ1) is 19.6. The van der Waals surface area contributed by atoms with Crippen LogP contribution in [0.5, 0.6) is 0 Å². The van der Waals surface area contributed by atoms with E-state index in [1.54, 1.807) is 12.1 Å². The van der Waals surface area contributed by atoms with Gasteiger partial charge in [-0.1, -0.05) is 13.8 Å². The molecule has 1 heterocycles. The van der Waals surface area contributed by atoms with Crippen molar-refractivity contribution in [3.05, 3.63) is 21.9 Å². The van der Waals surface area contributed by atoms with E-state index in [9.17, 15) is 19.2 Å². The summed E-state index contributed by atoms with van der Waals surface area (Å²) in [7, 11) is 0. The highest BCUT2D eigenvalue weighted by Gasteiger charge is 2.13. The summed E-state index contributed by atoms with van der Waals surface area (Å²) in [6, 6.07) is 2.81. The molecule has 1 rings (SSSR count). The lowest BCUT2D eigenvalue weighted by Gasteiger charge is -2.09. The van der Waals surface area contributed by atoms with Crippen molar-refractivity contribution < 1.29 is 23.9 Å². The second-order valence-electron chi connectivity index (χ2n) is 5.41. The Hall–Kier alpha value is -2.42. The summed E-state index contributed by atoms with van der Waals surface area (Å²) >= 11 is 1.31. The Labute approximate surface area is 143 Å². The fourth-order valence-electron chi connectivity index (χ4n) is 1.50. The van der Waals surface area contributed by atoms with Crippen molar-refractivity contribution in [3.8, 4) is 0 Å². The van der Waals surface area contributed by atoms with Crippen LogP contribution in [-0.4, -0.2) is 43.5 Å². The number of esters is 1. The van der Waals surface area contributed by atoms with Gasteiger partial charge in [0.25, 0.3) is 11.8 Å². The number of rotatable bonds is 7. The Morgan fingerprint density at radius 2 is 1.88 bits per heavy atom. The van der Waals surface area contributed by atoms with Gasteiger partial charge in [-0.05, 0) is 25.0 Å². The molecule has 4 amide bonds. The molecule has 9 heteroatoms. The lowest BCUT2D eigenvalue weighted by Crippen LogP contribution is -2.43. The molecule has 0 unspecified atom stereocenters. The van der Waals surface area contributed by atoms with Crippen LogP contribution in [0.3, 0.4) is 0 Å². The molecule has 0 fully saturated rings. The average Bonchev–Trinajstić information content (AvgIpc) is 2.95. The lowest BCUT2D eigenvalue weighted by molar-refractivity contribution is -0.147. The van der Waals surface area contributed by atoms with Crippen LogP contribution in [0.1, 0.15) is 28.4 Å². The van der Waals surface area contributed by atoms with E-state index in [1.807, 2.05) is 26.1 Å². The van der Waals surface area contributed by atoms with E-state index < -0.39 is 24.5 Å². The van der Waals surface area contributed by atoms with Crippen LogP contribution < -0.4 is 16.0 Å². The summed E-state index contributed by atoms with van der Waals surface area (Å²) in [5, 5.41) is 6.92. The molecule has 8 nitrogen and oxygen atoms in total. The monoisotopic (exact) mass is 355 g/mol. The SMILES string of the molecule is Cc1ccc(C(=O)NCC(=O)OCC(=O)NC(=O)NCC(C)C)s1. The molecule has 0 atom stereocenters. The molecule has 132 valence electrons. The van der Waals surface area contributed by atoms with E-state index in [4.69, 9.17) is 0 Å². The summed E-state index contributed by atoms with van der Waals surface area (Å²) in [6.07, 6.45) is 0. The van der Waals surface area contributed by atoms with Crippen molar-refractivity contribution in [1.82, 2.24) is 16.0 Å². The summed E-state index contributed by atoms with van der Waals surface area (Å²) in [5.41, 5.74) is 0. The minimum Gasteiger partial charge on any atom is -0.454 e. The minimum atomic E-state index is -0.769. The van der Waals surface area contributed by atoms with Gasteiger partial charge in [-0.15, -0.1) is 11.3 Å². The quantitative estimate of drug-likeness (QED) is 0.627. The molecule has 0 radical (unpaired) electrons. The van der Waals surface area contributed by atoms with Crippen molar-refractivity contribution in [2.75, 3.05) is 19.7 Å². The number of thiophene rings is 1. The number of aryl methyl sites for hydroxylation is 1.